The summed E-state index contributed by atoms with van der Waals surface area (Å²) in [5.41, 5.74) is 7.21. The molecule has 5 heteroatoms. The maximum absolute atomic E-state index is 11.3. The van der Waals surface area contributed by atoms with Crippen molar-refractivity contribution in [1.82, 2.24) is 5.32 Å². The number of rotatable bonds is 11. The number of hydrogen-bond acceptors (Lipinski definition) is 4. The van der Waals surface area contributed by atoms with Crippen LogP contribution in [-0.2, 0) is 5.41 Å². The molecule has 5 nitrogen and oxygen atoms in total. The number of carboxylic acid groups (broad SMARTS) is 1. The van der Waals surface area contributed by atoms with Gasteiger partial charge < -0.3 is 20.1 Å². The molecule has 0 spiro atoms. The van der Waals surface area contributed by atoms with Crippen molar-refractivity contribution in [2.75, 3.05) is 31.1 Å². The van der Waals surface area contributed by atoms with Crippen LogP contribution in [0, 0.1) is 0 Å². The summed E-state index contributed by atoms with van der Waals surface area (Å²) < 4.78 is 6.38. The van der Waals surface area contributed by atoms with E-state index in [-0.39, 0.29) is 5.41 Å². The summed E-state index contributed by atoms with van der Waals surface area (Å²) in [7, 11) is 0. The van der Waals surface area contributed by atoms with E-state index in [2.05, 4.69) is 81.2 Å². The second kappa shape index (κ2) is 12.7. The van der Waals surface area contributed by atoms with Crippen molar-refractivity contribution < 1.29 is 14.6 Å². The lowest BCUT2D eigenvalue weighted by atomic mass is 9.83. The van der Waals surface area contributed by atoms with Crippen molar-refractivity contribution in [3.63, 3.8) is 0 Å². The zero-order chi connectivity index (χ0) is 28.0. The van der Waals surface area contributed by atoms with Crippen LogP contribution < -0.4 is 15.0 Å². The molecule has 3 aromatic rings. The summed E-state index contributed by atoms with van der Waals surface area (Å²) >= 11 is 0. The van der Waals surface area contributed by atoms with Crippen molar-refractivity contribution in [3.8, 4) is 28.0 Å². The van der Waals surface area contributed by atoms with Crippen molar-refractivity contribution in [2.24, 2.45) is 0 Å². The number of carbonyl (C=O) groups is 1. The molecule has 1 heterocycles. The molecule has 2 N–H and O–H groups in total. The van der Waals surface area contributed by atoms with Crippen LogP contribution in [-0.4, -0.2) is 43.4 Å². The number of nitrogens with zero attached hydrogens (tertiary/aromatic N) is 1. The van der Waals surface area contributed by atoms with E-state index in [4.69, 9.17) is 4.74 Å². The number of anilines is 1. The highest BCUT2D eigenvalue weighted by Gasteiger charge is 2.24. The third-order valence-electron chi connectivity index (χ3n) is 7.39. The maximum atomic E-state index is 11.3. The van der Waals surface area contributed by atoms with Gasteiger partial charge in [-0.3, -0.25) is 0 Å². The Morgan fingerprint density at radius 2 is 1.59 bits per heavy atom. The Hall–Kier alpha value is -3.31. The van der Waals surface area contributed by atoms with Crippen molar-refractivity contribution in [2.45, 2.75) is 71.8 Å². The van der Waals surface area contributed by atoms with Gasteiger partial charge >= 0.3 is 5.97 Å². The van der Waals surface area contributed by atoms with Gasteiger partial charge in [0.2, 0.25) is 0 Å². The van der Waals surface area contributed by atoms with Gasteiger partial charge in [-0.25, -0.2) is 4.79 Å². The molecule has 208 valence electrons. The lowest BCUT2D eigenvalue weighted by molar-refractivity contribution is 0.0697. The fourth-order valence-electron chi connectivity index (χ4n) is 5.20. The largest absolute Gasteiger partial charge is 0.493 e. The minimum Gasteiger partial charge on any atom is -0.493 e. The van der Waals surface area contributed by atoms with Gasteiger partial charge in [0.05, 0.1) is 12.2 Å². The van der Waals surface area contributed by atoms with Crippen LogP contribution >= 0.6 is 0 Å². The molecule has 3 aromatic carbocycles. The first-order valence-electron chi connectivity index (χ1n) is 14.4. The fraction of sp³-hybridized carbons (Fsp3) is 0.441. The third-order valence-corrected chi connectivity index (χ3v) is 7.39. The van der Waals surface area contributed by atoms with Gasteiger partial charge in [0.15, 0.2) is 0 Å². The average molecular weight is 529 g/mol. The quantitative estimate of drug-likeness (QED) is 0.249. The van der Waals surface area contributed by atoms with Crippen LogP contribution in [0.2, 0.25) is 0 Å². The van der Waals surface area contributed by atoms with E-state index in [0.29, 0.717) is 18.2 Å². The van der Waals surface area contributed by atoms with Crippen LogP contribution in [0.3, 0.4) is 0 Å². The zero-order valence-corrected chi connectivity index (χ0v) is 24.2. The molecule has 1 aliphatic heterocycles. The summed E-state index contributed by atoms with van der Waals surface area (Å²) in [4.78, 5) is 13.9. The summed E-state index contributed by atoms with van der Waals surface area (Å²) in [5, 5.41) is 12.8. The first-order valence-corrected chi connectivity index (χ1v) is 14.4. The molecule has 1 aliphatic rings. The number of nitrogens with one attached hydrogen (secondary N) is 1. The molecule has 1 fully saturated rings. The zero-order valence-electron chi connectivity index (χ0n) is 24.2. The summed E-state index contributed by atoms with van der Waals surface area (Å²) in [6.45, 7) is 15.1. The predicted molar refractivity (Wildman–Crippen MR) is 162 cm³/mol. The first kappa shape index (κ1) is 28.7. The van der Waals surface area contributed by atoms with Crippen molar-refractivity contribution >= 4 is 11.7 Å². The number of aromatic carboxylic acids is 1. The first-order chi connectivity index (χ1) is 18.6. The molecule has 0 unspecified atom stereocenters. The Bertz CT molecular complexity index is 1250. The van der Waals surface area contributed by atoms with E-state index in [0.717, 1.165) is 60.5 Å². The molecular formula is C34H44N2O3. The van der Waals surface area contributed by atoms with E-state index >= 15 is 0 Å². The molecule has 0 aliphatic carbocycles. The van der Waals surface area contributed by atoms with Crippen molar-refractivity contribution in [3.05, 3.63) is 71.8 Å². The SMILES string of the molecule is CC(C)NCCCCOc1ccc(-c2ccc(C(=O)O)cc2)cc1-c1ccc(N2CCCC2)c(C(C)(C)C)c1. The van der Waals surface area contributed by atoms with Gasteiger partial charge in [0.1, 0.15) is 5.75 Å². The van der Waals surface area contributed by atoms with E-state index in [1.54, 1.807) is 12.1 Å². The van der Waals surface area contributed by atoms with Crippen molar-refractivity contribution in [1.29, 1.82) is 0 Å². The smallest absolute Gasteiger partial charge is 0.335 e. The van der Waals surface area contributed by atoms with Crippen LogP contribution in [0.1, 0.15) is 76.2 Å². The van der Waals surface area contributed by atoms with Crippen LogP contribution in [0.15, 0.2) is 60.7 Å². The highest BCUT2D eigenvalue weighted by atomic mass is 16.5. The summed E-state index contributed by atoms with van der Waals surface area (Å²) in [6.07, 6.45) is 4.55. The minimum absolute atomic E-state index is 0.00262. The van der Waals surface area contributed by atoms with E-state index in [9.17, 15) is 9.90 Å². The molecule has 0 atom stereocenters. The normalized spacial score (nSPS) is 13.7. The molecule has 1 saturated heterocycles. The molecule has 39 heavy (non-hydrogen) atoms. The van der Waals surface area contributed by atoms with Crippen LogP contribution in [0.4, 0.5) is 5.69 Å². The number of unbranched alkanes of at least 4 members (excludes halogenated alkanes) is 1. The standard InChI is InChI=1S/C34H44N2O3/c1-24(2)35-18-6-9-21-39-32-17-15-27(25-10-12-26(13-11-25)33(37)38)22-29(32)28-14-16-31(36-19-7-8-20-36)30(23-28)34(3,4)5/h10-17,22-24,35H,6-9,18-21H2,1-5H3,(H,37,38). The van der Waals surface area contributed by atoms with Gasteiger partial charge in [0, 0.05) is 30.4 Å². The lowest BCUT2D eigenvalue weighted by Gasteiger charge is -2.29. The Kier molecular flexibility index (Phi) is 9.34. The minimum atomic E-state index is -0.914. The second-order valence-corrected chi connectivity index (χ2v) is 11.9. The van der Waals surface area contributed by atoms with Gasteiger partial charge in [-0.2, -0.15) is 0 Å². The molecule has 0 radical (unpaired) electrons. The molecule has 0 saturated carbocycles. The van der Waals surface area contributed by atoms with E-state index in [1.165, 1.54) is 24.1 Å². The van der Waals surface area contributed by atoms with Crippen LogP contribution in [0.5, 0.6) is 5.75 Å². The highest BCUT2D eigenvalue weighted by molar-refractivity contribution is 5.88. The number of benzene rings is 3. The Labute approximate surface area is 234 Å². The number of ether oxygens (including phenoxy) is 1. The van der Waals surface area contributed by atoms with Gasteiger partial charge in [-0.15, -0.1) is 0 Å². The maximum Gasteiger partial charge on any atom is 0.335 e. The van der Waals surface area contributed by atoms with E-state index < -0.39 is 5.97 Å². The average Bonchev–Trinajstić information content (AvgIpc) is 3.45. The Morgan fingerprint density at radius 1 is 0.923 bits per heavy atom. The molecule has 0 bridgehead atoms. The Morgan fingerprint density at radius 3 is 2.23 bits per heavy atom. The van der Waals surface area contributed by atoms with Gasteiger partial charge in [-0.1, -0.05) is 58.9 Å². The summed E-state index contributed by atoms with van der Waals surface area (Å²) in [5.74, 6) is -0.0334. The number of carboxylic acids is 1. The van der Waals surface area contributed by atoms with Gasteiger partial charge in [-0.05, 0) is 96.3 Å². The molecular weight excluding hydrogens is 484 g/mol. The van der Waals surface area contributed by atoms with Gasteiger partial charge in [0.25, 0.3) is 0 Å². The third kappa shape index (κ3) is 7.42. The monoisotopic (exact) mass is 528 g/mol. The molecule has 0 aromatic heterocycles. The molecule has 0 amide bonds. The topological polar surface area (TPSA) is 61.8 Å². The highest BCUT2D eigenvalue weighted by Crippen LogP contribution is 2.40. The number of hydrogen-bond donors (Lipinski definition) is 2. The molecule has 4 rings (SSSR count). The van der Waals surface area contributed by atoms with E-state index in [1.807, 2.05) is 12.1 Å². The Balaban J connectivity index is 1.69. The fourth-order valence-corrected chi connectivity index (χ4v) is 5.20. The lowest BCUT2D eigenvalue weighted by Crippen LogP contribution is -2.23. The summed E-state index contributed by atoms with van der Waals surface area (Å²) in [6, 6.07) is 20.8. The van der Waals surface area contributed by atoms with Crippen LogP contribution in [0.25, 0.3) is 22.3 Å². The predicted octanol–water partition coefficient (Wildman–Crippen LogP) is 7.77. The second-order valence-electron chi connectivity index (χ2n) is 11.9.